The lowest BCUT2D eigenvalue weighted by atomic mass is 9.94. The largest absolute Gasteiger partial charge is 0.483 e. The maximum absolute atomic E-state index is 12.3. The Morgan fingerprint density at radius 3 is 2.05 bits per heavy atom. The molecule has 1 amide bonds. The number of carbonyl (C=O) groups is 5. The van der Waals surface area contributed by atoms with Gasteiger partial charge >= 0.3 is 0 Å². The smallest absolute Gasteiger partial charge is 0.258 e. The molecular formula is C30H49NO6. The summed E-state index contributed by atoms with van der Waals surface area (Å²) in [5, 5.41) is 2.85. The van der Waals surface area contributed by atoms with Gasteiger partial charge in [-0.05, 0) is 59.4 Å². The Balaban J connectivity index is 0. The highest BCUT2D eigenvalue weighted by Crippen LogP contribution is 2.24. The van der Waals surface area contributed by atoms with E-state index in [-0.39, 0.29) is 47.7 Å². The molecule has 7 heteroatoms. The van der Waals surface area contributed by atoms with Gasteiger partial charge in [0.1, 0.15) is 23.6 Å². The lowest BCUT2D eigenvalue weighted by Crippen LogP contribution is -2.35. The molecule has 0 aliphatic heterocycles. The zero-order valence-electron chi connectivity index (χ0n) is 24.4. The summed E-state index contributed by atoms with van der Waals surface area (Å²) >= 11 is 0. The average molecular weight is 520 g/mol. The second kappa shape index (κ2) is 21.3. The van der Waals surface area contributed by atoms with Gasteiger partial charge in [0.2, 0.25) is 0 Å². The molecule has 37 heavy (non-hydrogen) atoms. The molecule has 1 N–H and O–H groups in total. The molecule has 1 aromatic rings. The van der Waals surface area contributed by atoms with Crippen molar-refractivity contribution in [1.82, 2.24) is 5.32 Å². The Labute approximate surface area is 224 Å². The van der Waals surface area contributed by atoms with E-state index in [1.165, 1.54) is 6.92 Å². The molecule has 0 aliphatic rings. The maximum atomic E-state index is 12.3. The van der Waals surface area contributed by atoms with Gasteiger partial charge in [0, 0.05) is 41.8 Å². The summed E-state index contributed by atoms with van der Waals surface area (Å²) in [6.07, 6.45) is 5.28. The van der Waals surface area contributed by atoms with Crippen molar-refractivity contribution in [3.05, 3.63) is 29.3 Å². The van der Waals surface area contributed by atoms with Crippen molar-refractivity contribution in [3.63, 3.8) is 0 Å². The Bertz CT molecular complexity index is 848. The number of carbonyl (C=O) groups excluding carboxylic acids is 5. The minimum absolute atomic E-state index is 0.0114. The molecule has 1 rings (SSSR count). The van der Waals surface area contributed by atoms with Gasteiger partial charge in [-0.15, -0.1) is 0 Å². The molecule has 3 unspecified atom stereocenters. The van der Waals surface area contributed by atoms with Gasteiger partial charge in [-0.1, -0.05) is 46.8 Å². The van der Waals surface area contributed by atoms with Gasteiger partial charge in [0.05, 0.1) is 0 Å². The van der Waals surface area contributed by atoms with E-state index in [9.17, 15) is 19.2 Å². The molecule has 3 atom stereocenters. The number of rotatable bonds is 14. The van der Waals surface area contributed by atoms with Crippen LogP contribution in [-0.4, -0.2) is 42.2 Å². The van der Waals surface area contributed by atoms with Crippen molar-refractivity contribution in [2.45, 2.75) is 107 Å². The first-order valence-electron chi connectivity index (χ1n) is 13.4. The van der Waals surface area contributed by atoms with Crippen LogP contribution in [-0.2, 0) is 19.2 Å². The average Bonchev–Trinajstić information content (AvgIpc) is 2.86. The van der Waals surface area contributed by atoms with Crippen molar-refractivity contribution in [3.8, 4) is 5.75 Å². The van der Waals surface area contributed by atoms with Crippen LogP contribution in [0.5, 0.6) is 5.75 Å². The minimum atomic E-state index is -0.146. The Hall–Kier alpha value is -2.83. The molecule has 0 saturated heterocycles. The normalized spacial score (nSPS) is 12.4. The molecule has 210 valence electrons. The van der Waals surface area contributed by atoms with Gasteiger partial charge in [0.15, 0.2) is 12.4 Å². The summed E-state index contributed by atoms with van der Waals surface area (Å²) in [6, 6.07) is 5.54. The fraction of sp³-hybridized carbons (Fsp3) is 0.633. The van der Waals surface area contributed by atoms with Crippen molar-refractivity contribution in [2.75, 3.05) is 6.61 Å². The number of amides is 1. The van der Waals surface area contributed by atoms with Crippen molar-refractivity contribution in [2.24, 2.45) is 11.8 Å². The van der Waals surface area contributed by atoms with Crippen LogP contribution < -0.4 is 10.1 Å². The molecule has 0 heterocycles. The second-order valence-corrected chi connectivity index (χ2v) is 9.34. The Morgan fingerprint density at radius 2 is 1.57 bits per heavy atom. The van der Waals surface area contributed by atoms with Crippen molar-refractivity contribution in [1.29, 1.82) is 0 Å². The number of ether oxygens (including phenoxy) is 1. The van der Waals surface area contributed by atoms with Crippen LogP contribution in [0.25, 0.3) is 0 Å². The topological polar surface area (TPSA) is 107 Å². The first-order chi connectivity index (χ1) is 17.4. The number of nitrogens with one attached hydrogen (secondary N) is 1. The van der Waals surface area contributed by atoms with Crippen molar-refractivity contribution >= 4 is 29.5 Å². The summed E-state index contributed by atoms with van der Waals surface area (Å²) in [5.41, 5.74) is 1.47. The van der Waals surface area contributed by atoms with Crippen LogP contribution in [0.15, 0.2) is 18.2 Å². The second-order valence-electron chi connectivity index (χ2n) is 9.34. The summed E-state index contributed by atoms with van der Waals surface area (Å²) in [5.74, 6) is 1.06. The summed E-state index contributed by atoms with van der Waals surface area (Å²) in [6.45, 7) is 16.6. The third kappa shape index (κ3) is 16.5. The van der Waals surface area contributed by atoms with Crippen LogP contribution >= 0.6 is 0 Å². The Morgan fingerprint density at radius 1 is 0.973 bits per heavy atom. The number of Topliss-reactive ketones (excluding diaryl/α,β-unsaturated/α-hetero) is 3. The standard InChI is InChI=1S/C18H27NO3.C10H18O2.C2H4O/c1-6-12(3)18(21)15-9-8-10-16(14(15)5)22-11-17(20)19-13(4)7-2;1-4-5-10(12)7-6-8(2)9(3)11;1-2-3/h8-10,12-13H,6-7,11H2,1-5H3,(H,19,20);8H,4-7H2,1-3H3;2H,1H3. The van der Waals surface area contributed by atoms with Gasteiger partial charge in [-0.2, -0.15) is 0 Å². The molecule has 7 nitrogen and oxygen atoms in total. The molecule has 0 aliphatic carbocycles. The number of hydrogen-bond acceptors (Lipinski definition) is 6. The number of aldehydes is 1. The van der Waals surface area contributed by atoms with E-state index in [0.29, 0.717) is 30.6 Å². The third-order valence-electron chi connectivity index (χ3n) is 6.07. The zero-order valence-corrected chi connectivity index (χ0v) is 24.4. The molecule has 0 aromatic heterocycles. The van der Waals surface area contributed by atoms with Gasteiger partial charge in [-0.25, -0.2) is 0 Å². The number of benzene rings is 1. The quantitative estimate of drug-likeness (QED) is 0.236. The van der Waals surface area contributed by atoms with Crippen LogP contribution in [0.3, 0.4) is 0 Å². The van der Waals surface area contributed by atoms with E-state index >= 15 is 0 Å². The predicted octanol–water partition coefficient (Wildman–Crippen LogP) is 6.08. The lowest BCUT2D eigenvalue weighted by molar-refractivity contribution is -0.124. The minimum Gasteiger partial charge on any atom is -0.483 e. The maximum Gasteiger partial charge on any atom is 0.258 e. The van der Waals surface area contributed by atoms with Crippen molar-refractivity contribution < 1.29 is 28.7 Å². The fourth-order valence-corrected chi connectivity index (χ4v) is 3.04. The van der Waals surface area contributed by atoms with E-state index in [0.717, 1.165) is 31.1 Å². The molecule has 0 radical (unpaired) electrons. The van der Waals surface area contributed by atoms with E-state index < -0.39 is 0 Å². The van der Waals surface area contributed by atoms with E-state index in [1.54, 1.807) is 19.1 Å². The molecule has 0 saturated carbocycles. The van der Waals surface area contributed by atoms with Crippen LogP contribution in [0.2, 0.25) is 0 Å². The number of ketones is 3. The lowest BCUT2D eigenvalue weighted by Gasteiger charge is -2.15. The Kier molecular flexibility index (Phi) is 20.9. The summed E-state index contributed by atoms with van der Waals surface area (Å²) in [4.78, 5) is 54.8. The van der Waals surface area contributed by atoms with Gasteiger partial charge in [0.25, 0.3) is 5.91 Å². The van der Waals surface area contributed by atoms with Crippen LogP contribution in [0.4, 0.5) is 0 Å². The third-order valence-corrected chi connectivity index (χ3v) is 6.07. The first-order valence-corrected chi connectivity index (χ1v) is 13.4. The zero-order chi connectivity index (χ0) is 29.0. The molecular weight excluding hydrogens is 470 g/mol. The highest BCUT2D eigenvalue weighted by molar-refractivity contribution is 5.99. The van der Waals surface area contributed by atoms with E-state index in [2.05, 4.69) is 5.32 Å². The van der Waals surface area contributed by atoms with Gasteiger partial charge < -0.3 is 14.8 Å². The molecule has 0 fully saturated rings. The SMILES string of the molecule is CC=O.CCC(C)NC(=O)COc1cccc(C(=O)C(C)CC)c1C.CCCC(=O)CCC(C)C(C)=O. The fourth-order valence-electron chi connectivity index (χ4n) is 3.04. The summed E-state index contributed by atoms with van der Waals surface area (Å²) in [7, 11) is 0. The molecule has 1 aromatic carbocycles. The summed E-state index contributed by atoms with van der Waals surface area (Å²) < 4.78 is 5.58. The van der Waals surface area contributed by atoms with Crippen LogP contribution in [0.1, 0.15) is 110 Å². The highest BCUT2D eigenvalue weighted by Gasteiger charge is 2.18. The number of hydrogen-bond donors (Lipinski definition) is 1. The molecule has 0 spiro atoms. The van der Waals surface area contributed by atoms with Crippen LogP contribution in [0, 0.1) is 18.8 Å². The first kappa shape index (κ1) is 36.3. The predicted molar refractivity (Wildman–Crippen MR) is 149 cm³/mol. The monoisotopic (exact) mass is 519 g/mol. The van der Waals surface area contributed by atoms with Gasteiger partial charge in [-0.3, -0.25) is 19.2 Å². The highest BCUT2D eigenvalue weighted by atomic mass is 16.5. The molecule has 0 bridgehead atoms. The van der Waals surface area contributed by atoms with E-state index in [4.69, 9.17) is 9.53 Å². The van der Waals surface area contributed by atoms with E-state index in [1.807, 2.05) is 54.5 Å².